The third-order valence-corrected chi connectivity index (χ3v) is 4.64. The predicted octanol–water partition coefficient (Wildman–Crippen LogP) is 1.58. The molecule has 2 rings (SSSR count). The maximum absolute atomic E-state index is 12.0. The van der Waals surface area contributed by atoms with E-state index in [0.717, 1.165) is 35.2 Å². The molecule has 120 valence electrons. The minimum absolute atomic E-state index is 0.115. The summed E-state index contributed by atoms with van der Waals surface area (Å²) in [6.45, 7) is 5.85. The molecule has 0 radical (unpaired) electrons. The molecule has 1 fully saturated rings. The summed E-state index contributed by atoms with van der Waals surface area (Å²) >= 11 is 0. The molecule has 1 aromatic rings. The summed E-state index contributed by atoms with van der Waals surface area (Å²) in [7, 11) is -1.48. The van der Waals surface area contributed by atoms with E-state index in [1.54, 1.807) is 0 Å². The molecule has 0 aromatic heterocycles. The highest BCUT2D eigenvalue weighted by atomic mass is 32.2. The third kappa shape index (κ3) is 4.94. The Bertz CT molecular complexity index is 601. The Kier molecular flexibility index (Phi) is 5.34. The van der Waals surface area contributed by atoms with Gasteiger partial charge in [0, 0.05) is 22.5 Å². The van der Waals surface area contributed by atoms with Gasteiger partial charge in [-0.25, -0.2) is 0 Å². The Morgan fingerprint density at radius 1 is 1.09 bits per heavy atom. The number of amides is 2. The van der Waals surface area contributed by atoms with Crippen LogP contribution in [0.4, 0.5) is 5.69 Å². The molecule has 1 atom stereocenters. The van der Waals surface area contributed by atoms with Gasteiger partial charge in [0.15, 0.2) is 0 Å². The number of carbonyl (C=O) groups excluding carboxylic acids is 2. The molecule has 0 spiro atoms. The zero-order valence-corrected chi connectivity index (χ0v) is 14.0. The lowest BCUT2D eigenvalue weighted by Gasteiger charge is -2.12. The van der Waals surface area contributed by atoms with E-state index in [9.17, 15) is 13.8 Å². The average Bonchev–Trinajstić information content (AvgIpc) is 3.17. The van der Waals surface area contributed by atoms with Gasteiger partial charge in [-0.1, -0.05) is 17.7 Å². The Morgan fingerprint density at radius 3 is 2.18 bits per heavy atom. The highest BCUT2D eigenvalue weighted by molar-refractivity contribution is 7.86. The van der Waals surface area contributed by atoms with Gasteiger partial charge < -0.3 is 10.6 Å². The van der Waals surface area contributed by atoms with Gasteiger partial charge >= 0.3 is 0 Å². The zero-order chi connectivity index (χ0) is 16.3. The Balaban J connectivity index is 1.87. The lowest BCUT2D eigenvalue weighted by atomic mass is 10.1. The van der Waals surface area contributed by atoms with Crippen LogP contribution in [0.5, 0.6) is 0 Å². The SMILES string of the molecule is Cc1cc(C)c(NC(=O)CS(=O)CC(=O)NC2CC2)c(C)c1. The van der Waals surface area contributed by atoms with E-state index < -0.39 is 10.8 Å². The van der Waals surface area contributed by atoms with Gasteiger partial charge in [-0.05, 0) is 44.7 Å². The Morgan fingerprint density at radius 2 is 1.64 bits per heavy atom. The van der Waals surface area contributed by atoms with E-state index >= 15 is 0 Å². The van der Waals surface area contributed by atoms with Crippen LogP contribution in [0.1, 0.15) is 29.5 Å². The summed E-state index contributed by atoms with van der Waals surface area (Å²) in [6, 6.07) is 4.22. The molecule has 1 unspecified atom stereocenters. The maximum Gasteiger partial charge on any atom is 0.237 e. The van der Waals surface area contributed by atoms with Gasteiger partial charge in [0.1, 0.15) is 11.5 Å². The first kappa shape index (κ1) is 16.7. The molecule has 5 nitrogen and oxygen atoms in total. The number of anilines is 1. The Hall–Kier alpha value is -1.69. The molecule has 1 aliphatic carbocycles. The summed E-state index contributed by atoms with van der Waals surface area (Å²) in [6.07, 6.45) is 1.98. The molecule has 6 heteroatoms. The summed E-state index contributed by atoms with van der Waals surface area (Å²) in [5.74, 6) is -0.843. The van der Waals surface area contributed by atoms with Gasteiger partial charge in [-0.2, -0.15) is 0 Å². The quantitative estimate of drug-likeness (QED) is 0.835. The second-order valence-corrected chi connectivity index (χ2v) is 7.35. The standard InChI is InChI=1S/C16H22N2O3S/c1-10-6-11(2)16(12(3)7-10)18-15(20)9-22(21)8-14(19)17-13-4-5-13/h6-7,13H,4-5,8-9H2,1-3H3,(H,17,19)(H,18,20). The second kappa shape index (κ2) is 7.05. The van der Waals surface area contributed by atoms with Crippen LogP contribution < -0.4 is 10.6 Å². The fourth-order valence-electron chi connectivity index (χ4n) is 2.39. The first-order chi connectivity index (χ1) is 10.3. The van der Waals surface area contributed by atoms with E-state index in [4.69, 9.17) is 0 Å². The third-order valence-electron chi connectivity index (χ3n) is 3.47. The second-order valence-electron chi connectivity index (χ2n) is 5.89. The summed E-state index contributed by atoms with van der Waals surface area (Å²) in [5, 5.41) is 5.57. The van der Waals surface area contributed by atoms with E-state index in [-0.39, 0.29) is 29.4 Å². The van der Waals surface area contributed by atoms with Crippen molar-refractivity contribution in [3.63, 3.8) is 0 Å². The molecule has 22 heavy (non-hydrogen) atoms. The zero-order valence-electron chi connectivity index (χ0n) is 13.2. The van der Waals surface area contributed by atoms with Crippen LogP contribution in [0.15, 0.2) is 12.1 Å². The number of carbonyl (C=O) groups is 2. The monoisotopic (exact) mass is 322 g/mol. The molecular weight excluding hydrogens is 300 g/mol. The molecule has 1 aromatic carbocycles. The van der Waals surface area contributed by atoms with Crippen molar-refractivity contribution in [2.24, 2.45) is 0 Å². The van der Waals surface area contributed by atoms with Crippen LogP contribution in [0.3, 0.4) is 0 Å². The Labute approximate surface area is 133 Å². The van der Waals surface area contributed by atoms with Crippen molar-refractivity contribution in [2.75, 3.05) is 16.8 Å². The normalized spacial score (nSPS) is 15.2. The lowest BCUT2D eigenvalue weighted by Crippen LogP contribution is -2.32. The molecule has 1 aliphatic rings. The average molecular weight is 322 g/mol. The van der Waals surface area contributed by atoms with Crippen molar-refractivity contribution in [2.45, 2.75) is 39.7 Å². The van der Waals surface area contributed by atoms with Crippen molar-refractivity contribution in [3.8, 4) is 0 Å². The molecule has 2 amide bonds. The summed E-state index contributed by atoms with van der Waals surface area (Å²) < 4.78 is 11.9. The van der Waals surface area contributed by atoms with Crippen molar-refractivity contribution >= 4 is 28.3 Å². The van der Waals surface area contributed by atoms with Crippen LogP contribution in [-0.2, 0) is 20.4 Å². The van der Waals surface area contributed by atoms with Crippen LogP contribution in [0, 0.1) is 20.8 Å². The number of hydrogen-bond acceptors (Lipinski definition) is 3. The number of rotatable bonds is 6. The van der Waals surface area contributed by atoms with Crippen molar-refractivity contribution in [3.05, 3.63) is 28.8 Å². The van der Waals surface area contributed by atoms with Gasteiger partial charge in [0.2, 0.25) is 11.8 Å². The molecule has 0 aliphatic heterocycles. The smallest absolute Gasteiger partial charge is 0.237 e. The molecule has 2 N–H and O–H groups in total. The van der Waals surface area contributed by atoms with Crippen LogP contribution in [0.2, 0.25) is 0 Å². The van der Waals surface area contributed by atoms with Gasteiger partial charge in [-0.3, -0.25) is 13.8 Å². The van der Waals surface area contributed by atoms with Crippen molar-refractivity contribution < 1.29 is 13.8 Å². The van der Waals surface area contributed by atoms with E-state index in [1.807, 2.05) is 32.9 Å². The van der Waals surface area contributed by atoms with Crippen LogP contribution >= 0.6 is 0 Å². The van der Waals surface area contributed by atoms with Crippen LogP contribution in [-0.4, -0.2) is 33.6 Å². The van der Waals surface area contributed by atoms with Crippen LogP contribution in [0.25, 0.3) is 0 Å². The minimum Gasteiger partial charge on any atom is -0.353 e. The fourth-order valence-corrected chi connectivity index (χ4v) is 3.24. The molecule has 0 bridgehead atoms. The number of nitrogens with one attached hydrogen (secondary N) is 2. The predicted molar refractivity (Wildman–Crippen MR) is 88.3 cm³/mol. The summed E-state index contributed by atoms with van der Waals surface area (Å²) in [4.78, 5) is 23.5. The maximum atomic E-state index is 12.0. The minimum atomic E-state index is -1.48. The van der Waals surface area contributed by atoms with E-state index in [2.05, 4.69) is 10.6 Å². The highest BCUT2D eigenvalue weighted by Crippen LogP contribution is 2.22. The molecule has 1 saturated carbocycles. The first-order valence-corrected chi connectivity index (χ1v) is 8.86. The molecule has 0 saturated heterocycles. The lowest BCUT2D eigenvalue weighted by molar-refractivity contribution is -0.118. The van der Waals surface area contributed by atoms with Gasteiger partial charge in [0.05, 0.1) is 0 Å². The number of hydrogen-bond donors (Lipinski definition) is 2. The summed E-state index contributed by atoms with van der Waals surface area (Å²) in [5.41, 5.74) is 3.84. The first-order valence-electron chi connectivity index (χ1n) is 7.37. The highest BCUT2D eigenvalue weighted by Gasteiger charge is 2.24. The van der Waals surface area contributed by atoms with Gasteiger partial charge in [-0.15, -0.1) is 0 Å². The topological polar surface area (TPSA) is 75.3 Å². The number of aryl methyl sites for hydroxylation is 3. The van der Waals surface area contributed by atoms with E-state index in [0.29, 0.717) is 0 Å². The molecular formula is C16H22N2O3S. The number of benzene rings is 1. The largest absolute Gasteiger partial charge is 0.353 e. The van der Waals surface area contributed by atoms with Crippen molar-refractivity contribution in [1.29, 1.82) is 0 Å². The molecule has 0 heterocycles. The van der Waals surface area contributed by atoms with Gasteiger partial charge in [0.25, 0.3) is 0 Å². The van der Waals surface area contributed by atoms with Crippen molar-refractivity contribution in [1.82, 2.24) is 5.32 Å². The fraction of sp³-hybridized carbons (Fsp3) is 0.500. The van der Waals surface area contributed by atoms with E-state index in [1.165, 1.54) is 0 Å².